The predicted octanol–water partition coefficient (Wildman–Crippen LogP) is 1.03. The number of benzene rings is 1. The number of phenolic OH excluding ortho intramolecular Hbond substituents is 1. The lowest BCUT2D eigenvalue weighted by molar-refractivity contribution is -0.115. The van der Waals surface area contributed by atoms with E-state index in [0.717, 1.165) is 22.3 Å². The van der Waals surface area contributed by atoms with Crippen LogP contribution in [0.25, 0.3) is 0 Å². The van der Waals surface area contributed by atoms with E-state index in [0.29, 0.717) is 11.6 Å². The maximum atomic E-state index is 13.7. The van der Waals surface area contributed by atoms with Gasteiger partial charge in [-0.15, -0.1) is 0 Å². The van der Waals surface area contributed by atoms with Crippen LogP contribution in [0.5, 0.6) is 11.6 Å². The van der Waals surface area contributed by atoms with Crippen molar-refractivity contribution in [1.82, 2.24) is 19.4 Å². The second-order valence-electron chi connectivity index (χ2n) is 7.89. The average molecular weight is 485 g/mol. The zero-order valence-electron chi connectivity index (χ0n) is 18.8. The molecule has 3 heterocycles. The van der Waals surface area contributed by atoms with E-state index >= 15 is 0 Å². The minimum Gasteiger partial charge on any atom is -0.503 e. The highest BCUT2D eigenvalue weighted by Gasteiger charge is 2.24. The molecule has 12 heteroatoms. The van der Waals surface area contributed by atoms with Crippen LogP contribution in [-0.2, 0) is 31.0 Å². The molecule has 3 aromatic rings. The van der Waals surface area contributed by atoms with Crippen LogP contribution in [-0.4, -0.2) is 38.0 Å². The largest absolute Gasteiger partial charge is 0.503 e. The van der Waals surface area contributed by atoms with Crippen molar-refractivity contribution in [2.75, 3.05) is 7.11 Å². The highest BCUT2D eigenvalue weighted by Crippen LogP contribution is 2.21. The van der Waals surface area contributed by atoms with E-state index in [-0.39, 0.29) is 36.5 Å². The molecule has 10 nitrogen and oxygen atoms in total. The van der Waals surface area contributed by atoms with Crippen molar-refractivity contribution in [2.24, 2.45) is 4.99 Å². The van der Waals surface area contributed by atoms with Crippen LogP contribution in [0.15, 0.2) is 45.0 Å². The van der Waals surface area contributed by atoms with Crippen LogP contribution < -0.4 is 21.3 Å². The number of phenols is 1. The standard InChI is InChI=1S/C23H21F2N5O5/c1-12-18-9-27-17(21(32)28-8-13-3-4-26-19(7-13)35-2)11-29(18)23(34)30(22(12)33)10-14-5-15(24)20(31)16(25)6-14/h3-7,31H,8-11H2,1-2H3,(H,28,32). The molecule has 35 heavy (non-hydrogen) atoms. The molecule has 0 saturated heterocycles. The number of aromatic hydroxyl groups is 1. The number of rotatable bonds is 6. The zero-order valence-corrected chi connectivity index (χ0v) is 18.8. The van der Waals surface area contributed by atoms with Crippen molar-refractivity contribution in [3.05, 3.63) is 85.3 Å². The van der Waals surface area contributed by atoms with E-state index < -0.39 is 41.1 Å². The van der Waals surface area contributed by atoms with Gasteiger partial charge in [-0.2, -0.15) is 0 Å². The molecule has 0 saturated carbocycles. The second-order valence-corrected chi connectivity index (χ2v) is 7.89. The zero-order chi connectivity index (χ0) is 25.3. The summed E-state index contributed by atoms with van der Waals surface area (Å²) in [6.07, 6.45) is 1.54. The molecule has 0 bridgehead atoms. The van der Waals surface area contributed by atoms with E-state index in [1.807, 2.05) is 0 Å². The summed E-state index contributed by atoms with van der Waals surface area (Å²) in [6.45, 7) is 1.04. The molecule has 0 atom stereocenters. The Hall–Kier alpha value is -4.35. The maximum Gasteiger partial charge on any atom is 0.331 e. The molecule has 2 aromatic heterocycles. The monoisotopic (exact) mass is 485 g/mol. The number of hydrogen-bond acceptors (Lipinski definition) is 7. The van der Waals surface area contributed by atoms with E-state index in [4.69, 9.17) is 4.74 Å². The summed E-state index contributed by atoms with van der Waals surface area (Å²) in [4.78, 5) is 46.9. The quantitative estimate of drug-likeness (QED) is 0.537. The SMILES string of the molecule is COc1cc(CNC(=O)C2=NCc3c(C)c(=O)n(Cc4cc(F)c(O)c(F)c4)c(=O)n3C2)ccn1. The van der Waals surface area contributed by atoms with Crippen LogP contribution in [0, 0.1) is 18.6 Å². The number of amides is 1. The first-order valence-corrected chi connectivity index (χ1v) is 10.5. The summed E-state index contributed by atoms with van der Waals surface area (Å²) >= 11 is 0. The summed E-state index contributed by atoms with van der Waals surface area (Å²) < 4.78 is 34.6. The molecule has 1 aliphatic rings. The summed E-state index contributed by atoms with van der Waals surface area (Å²) in [5.74, 6) is -3.65. The van der Waals surface area contributed by atoms with Gasteiger partial charge in [-0.1, -0.05) is 0 Å². The molecule has 0 unspecified atom stereocenters. The van der Waals surface area contributed by atoms with Crippen LogP contribution >= 0.6 is 0 Å². The number of aliphatic imine (C=N–C) groups is 1. The van der Waals surface area contributed by atoms with Crippen molar-refractivity contribution >= 4 is 11.6 Å². The number of aromatic nitrogens is 3. The Morgan fingerprint density at radius 1 is 1.20 bits per heavy atom. The number of nitrogens with zero attached hydrogens (tertiary/aromatic N) is 4. The number of ether oxygens (including phenoxy) is 1. The topological polar surface area (TPSA) is 128 Å². The van der Waals surface area contributed by atoms with E-state index in [1.54, 1.807) is 18.3 Å². The molecule has 0 fully saturated rings. The van der Waals surface area contributed by atoms with Gasteiger partial charge in [-0.25, -0.2) is 18.6 Å². The maximum absolute atomic E-state index is 13.7. The van der Waals surface area contributed by atoms with E-state index in [9.17, 15) is 28.3 Å². The van der Waals surface area contributed by atoms with Gasteiger partial charge in [0.05, 0.1) is 32.4 Å². The number of fused-ring (bicyclic) bond motifs is 1. The molecular formula is C23H21F2N5O5. The lowest BCUT2D eigenvalue weighted by Crippen LogP contribution is -2.47. The normalized spacial score (nSPS) is 12.6. The van der Waals surface area contributed by atoms with Gasteiger partial charge in [0.1, 0.15) is 5.71 Å². The fourth-order valence-electron chi connectivity index (χ4n) is 3.74. The van der Waals surface area contributed by atoms with Crippen LogP contribution in [0.2, 0.25) is 0 Å². The lowest BCUT2D eigenvalue weighted by Gasteiger charge is -2.21. The average Bonchev–Trinajstić information content (AvgIpc) is 2.86. The Balaban J connectivity index is 1.58. The third-order valence-corrected chi connectivity index (χ3v) is 5.65. The molecule has 1 aromatic carbocycles. The molecular weight excluding hydrogens is 464 g/mol. The second kappa shape index (κ2) is 9.49. The Morgan fingerprint density at radius 3 is 2.60 bits per heavy atom. The molecule has 4 rings (SSSR count). The first kappa shape index (κ1) is 23.8. The molecule has 182 valence electrons. The number of carbonyl (C=O) groups is 1. The number of halogens is 2. The van der Waals surface area contributed by atoms with Gasteiger partial charge in [-0.3, -0.25) is 23.7 Å². The van der Waals surface area contributed by atoms with Crippen molar-refractivity contribution < 1.29 is 23.4 Å². The van der Waals surface area contributed by atoms with Crippen LogP contribution in [0.4, 0.5) is 8.78 Å². The number of carbonyl (C=O) groups excluding carboxylic acids is 1. The highest BCUT2D eigenvalue weighted by molar-refractivity contribution is 6.38. The summed E-state index contributed by atoms with van der Waals surface area (Å²) in [7, 11) is 1.48. The lowest BCUT2D eigenvalue weighted by atomic mass is 10.1. The number of pyridine rings is 1. The minimum atomic E-state index is -1.21. The first-order valence-electron chi connectivity index (χ1n) is 10.5. The van der Waals surface area contributed by atoms with Gasteiger partial charge >= 0.3 is 5.69 Å². The molecule has 0 radical (unpaired) electrons. The third-order valence-electron chi connectivity index (χ3n) is 5.65. The van der Waals surface area contributed by atoms with Crippen LogP contribution in [0.3, 0.4) is 0 Å². The van der Waals surface area contributed by atoms with Gasteiger partial charge in [0, 0.05) is 24.4 Å². The Bertz CT molecular complexity index is 1460. The summed E-state index contributed by atoms with van der Waals surface area (Å²) in [5, 5.41) is 12.0. The smallest absolute Gasteiger partial charge is 0.331 e. The Morgan fingerprint density at radius 2 is 1.91 bits per heavy atom. The van der Waals surface area contributed by atoms with Crippen molar-refractivity contribution in [3.8, 4) is 11.6 Å². The first-order chi connectivity index (χ1) is 16.7. The van der Waals surface area contributed by atoms with Crippen molar-refractivity contribution in [2.45, 2.75) is 33.1 Å². The van der Waals surface area contributed by atoms with E-state index in [2.05, 4.69) is 15.3 Å². The van der Waals surface area contributed by atoms with Crippen molar-refractivity contribution in [1.29, 1.82) is 0 Å². The van der Waals surface area contributed by atoms with Gasteiger partial charge < -0.3 is 15.2 Å². The predicted molar refractivity (Wildman–Crippen MR) is 121 cm³/mol. The third kappa shape index (κ3) is 4.67. The molecule has 0 spiro atoms. The fourth-order valence-corrected chi connectivity index (χ4v) is 3.74. The highest BCUT2D eigenvalue weighted by atomic mass is 19.1. The van der Waals surface area contributed by atoms with Gasteiger partial charge in [0.15, 0.2) is 17.4 Å². The molecule has 0 aliphatic carbocycles. The van der Waals surface area contributed by atoms with Crippen molar-refractivity contribution in [3.63, 3.8) is 0 Å². The fraction of sp³-hybridized carbons (Fsp3) is 0.261. The van der Waals surface area contributed by atoms with Crippen LogP contribution in [0.1, 0.15) is 22.4 Å². The molecule has 1 aliphatic heterocycles. The number of hydrogen-bond donors (Lipinski definition) is 2. The van der Waals surface area contributed by atoms with Gasteiger partial charge in [-0.05, 0) is 36.2 Å². The summed E-state index contributed by atoms with van der Waals surface area (Å²) in [5.41, 5.74) is 0.0240. The molecule has 2 N–H and O–H groups in total. The van der Waals surface area contributed by atoms with Gasteiger partial charge in [0.25, 0.3) is 11.5 Å². The number of methoxy groups -OCH3 is 1. The minimum absolute atomic E-state index is 0.0211. The Kier molecular flexibility index (Phi) is 6.45. The molecule has 1 amide bonds. The number of nitrogens with one attached hydrogen (secondary N) is 1. The van der Waals surface area contributed by atoms with E-state index in [1.165, 1.54) is 18.6 Å². The Labute approximate surface area is 197 Å². The van der Waals surface area contributed by atoms with Gasteiger partial charge in [0.2, 0.25) is 5.88 Å². The summed E-state index contributed by atoms with van der Waals surface area (Å²) in [6, 6.07) is 5.07.